The number of rotatable bonds is 6. The van der Waals surface area contributed by atoms with Crippen LogP contribution in [0.4, 0.5) is 0 Å². The van der Waals surface area contributed by atoms with Crippen molar-refractivity contribution in [2.75, 3.05) is 12.3 Å². The zero-order chi connectivity index (χ0) is 13.8. The van der Waals surface area contributed by atoms with Crippen molar-refractivity contribution in [3.63, 3.8) is 0 Å². The molecule has 1 rings (SSSR count). The average molecular weight is 276 g/mol. The number of aromatic carboxylic acids is 1. The summed E-state index contributed by atoms with van der Waals surface area (Å²) < 4.78 is 21.2. The zero-order valence-corrected chi connectivity index (χ0v) is 10.0. The number of carbonyl (C=O) groups excluding carboxylic acids is 1. The molecule has 9 nitrogen and oxygen atoms in total. The Morgan fingerprint density at radius 1 is 1.50 bits per heavy atom. The molecule has 1 aromatic rings. The molecule has 18 heavy (non-hydrogen) atoms. The fourth-order valence-electron chi connectivity index (χ4n) is 1.19. The van der Waals surface area contributed by atoms with Crippen molar-refractivity contribution in [2.45, 2.75) is 6.42 Å². The Morgan fingerprint density at radius 2 is 2.17 bits per heavy atom. The van der Waals surface area contributed by atoms with Gasteiger partial charge in [0.1, 0.15) is 0 Å². The largest absolute Gasteiger partial charge is 0.477 e. The molecule has 0 spiro atoms. The van der Waals surface area contributed by atoms with Gasteiger partial charge in [0, 0.05) is 6.54 Å². The molecule has 10 heteroatoms. The van der Waals surface area contributed by atoms with Gasteiger partial charge in [-0.15, -0.1) is 0 Å². The number of imidazole rings is 1. The number of hydrogen-bond donors (Lipinski definition) is 4. The van der Waals surface area contributed by atoms with Crippen LogP contribution in [0.1, 0.15) is 27.4 Å². The molecule has 0 aromatic carbocycles. The predicted octanol–water partition coefficient (Wildman–Crippen LogP) is -1.48. The Kier molecular flexibility index (Phi) is 4.39. The summed E-state index contributed by atoms with van der Waals surface area (Å²) in [5, 5.41) is 15.9. The average Bonchev–Trinajstić information content (AvgIpc) is 2.71. The summed E-state index contributed by atoms with van der Waals surface area (Å²) in [5.74, 6) is -2.26. The van der Waals surface area contributed by atoms with Gasteiger partial charge in [0.15, 0.2) is 11.4 Å². The Hall–Kier alpha value is -1.94. The third-order valence-corrected chi connectivity index (χ3v) is 2.82. The number of carboxylic acid groups (broad SMARTS) is 1. The number of amides is 1. The number of carbonyl (C=O) groups is 2. The number of nitrogens with two attached hydrogens (primary N) is 1. The van der Waals surface area contributed by atoms with Crippen LogP contribution >= 0.6 is 0 Å². The third kappa shape index (κ3) is 4.14. The van der Waals surface area contributed by atoms with Gasteiger partial charge in [-0.1, -0.05) is 0 Å². The summed E-state index contributed by atoms with van der Waals surface area (Å²) in [6.45, 7) is 0.0567. The number of H-pyrrole nitrogens is 1. The molecule has 0 atom stereocenters. The SMILES string of the molecule is NS(=O)(=O)CCCNC(=O)c1nc[nH]c1C(=O)O. The Morgan fingerprint density at radius 3 is 2.72 bits per heavy atom. The maximum Gasteiger partial charge on any atom is 0.354 e. The second-order valence-electron chi connectivity index (χ2n) is 3.41. The quantitative estimate of drug-likeness (QED) is 0.464. The fraction of sp³-hybridized carbons (Fsp3) is 0.375. The van der Waals surface area contributed by atoms with E-state index >= 15 is 0 Å². The van der Waals surface area contributed by atoms with Crippen LogP contribution in [0.25, 0.3) is 0 Å². The Labute approximate surface area is 102 Å². The first-order valence-corrected chi connectivity index (χ1v) is 6.58. The van der Waals surface area contributed by atoms with Crippen LogP contribution in [-0.4, -0.2) is 47.7 Å². The topological polar surface area (TPSA) is 155 Å². The lowest BCUT2D eigenvalue weighted by atomic mass is 10.3. The van der Waals surface area contributed by atoms with E-state index in [4.69, 9.17) is 10.2 Å². The summed E-state index contributed by atoms with van der Waals surface area (Å²) in [6.07, 6.45) is 1.22. The van der Waals surface area contributed by atoms with E-state index < -0.39 is 21.9 Å². The number of carboxylic acids is 1. The molecule has 0 saturated heterocycles. The first kappa shape index (κ1) is 14.1. The van der Waals surface area contributed by atoms with Gasteiger partial charge >= 0.3 is 5.97 Å². The number of hydrogen-bond acceptors (Lipinski definition) is 5. The molecule has 1 heterocycles. The molecular formula is C8H12N4O5S. The van der Waals surface area contributed by atoms with Crippen molar-refractivity contribution >= 4 is 21.9 Å². The maximum atomic E-state index is 11.5. The molecule has 0 aliphatic heterocycles. The standard InChI is InChI=1S/C8H12N4O5S/c9-18(16,17)3-1-2-10-7(13)5-6(8(14)15)12-4-11-5/h4H,1-3H2,(H,10,13)(H,11,12)(H,14,15)(H2,9,16,17). The summed E-state index contributed by atoms with van der Waals surface area (Å²) >= 11 is 0. The van der Waals surface area contributed by atoms with Crippen LogP contribution in [-0.2, 0) is 10.0 Å². The second-order valence-corrected chi connectivity index (χ2v) is 5.14. The number of aromatic nitrogens is 2. The maximum absolute atomic E-state index is 11.5. The van der Waals surface area contributed by atoms with E-state index in [0.29, 0.717) is 0 Å². The van der Waals surface area contributed by atoms with E-state index in [2.05, 4.69) is 15.3 Å². The number of sulfonamides is 1. The van der Waals surface area contributed by atoms with Crippen LogP contribution < -0.4 is 10.5 Å². The molecule has 0 aliphatic carbocycles. The summed E-state index contributed by atoms with van der Waals surface area (Å²) in [5.41, 5.74) is -0.572. The van der Waals surface area contributed by atoms with Crippen molar-refractivity contribution in [2.24, 2.45) is 5.14 Å². The third-order valence-electron chi connectivity index (χ3n) is 1.96. The van der Waals surface area contributed by atoms with Crippen LogP contribution in [0.15, 0.2) is 6.33 Å². The van der Waals surface area contributed by atoms with Crippen LogP contribution in [0.3, 0.4) is 0 Å². The molecule has 0 radical (unpaired) electrons. The van der Waals surface area contributed by atoms with Crippen molar-refractivity contribution in [1.82, 2.24) is 15.3 Å². The van der Waals surface area contributed by atoms with Crippen LogP contribution in [0.5, 0.6) is 0 Å². The van der Waals surface area contributed by atoms with Crippen LogP contribution in [0, 0.1) is 0 Å². The van der Waals surface area contributed by atoms with Gasteiger partial charge < -0.3 is 15.4 Å². The lowest BCUT2D eigenvalue weighted by Gasteiger charge is -2.03. The molecule has 1 amide bonds. The highest BCUT2D eigenvalue weighted by Gasteiger charge is 2.19. The van der Waals surface area contributed by atoms with Gasteiger partial charge in [0.05, 0.1) is 12.1 Å². The van der Waals surface area contributed by atoms with Gasteiger partial charge in [-0.3, -0.25) is 4.79 Å². The second kappa shape index (κ2) is 5.60. The fourth-order valence-corrected chi connectivity index (χ4v) is 1.74. The Balaban J connectivity index is 2.51. The molecule has 0 unspecified atom stereocenters. The van der Waals surface area contributed by atoms with Crippen molar-refractivity contribution in [1.29, 1.82) is 0 Å². The summed E-state index contributed by atoms with van der Waals surface area (Å²) in [6, 6.07) is 0. The highest BCUT2D eigenvalue weighted by molar-refractivity contribution is 7.89. The monoisotopic (exact) mass is 276 g/mol. The molecule has 5 N–H and O–H groups in total. The normalized spacial score (nSPS) is 11.2. The smallest absolute Gasteiger partial charge is 0.354 e. The van der Waals surface area contributed by atoms with Gasteiger partial charge in [-0.25, -0.2) is 23.3 Å². The molecule has 1 aromatic heterocycles. The number of primary sulfonamides is 1. The zero-order valence-electron chi connectivity index (χ0n) is 9.21. The first-order chi connectivity index (χ1) is 8.31. The Bertz CT molecular complexity index is 550. The van der Waals surface area contributed by atoms with Crippen molar-refractivity contribution in [3.05, 3.63) is 17.7 Å². The van der Waals surface area contributed by atoms with Gasteiger partial charge in [0.2, 0.25) is 10.0 Å². The molecular weight excluding hydrogens is 264 g/mol. The molecule has 0 fully saturated rings. The first-order valence-electron chi connectivity index (χ1n) is 4.86. The van der Waals surface area contributed by atoms with E-state index in [0.717, 1.165) is 6.33 Å². The lowest BCUT2D eigenvalue weighted by molar-refractivity contribution is 0.0685. The highest BCUT2D eigenvalue weighted by Crippen LogP contribution is 2.02. The van der Waals surface area contributed by atoms with E-state index in [-0.39, 0.29) is 30.1 Å². The molecule has 100 valence electrons. The van der Waals surface area contributed by atoms with E-state index in [1.807, 2.05) is 0 Å². The lowest BCUT2D eigenvalue weighted by Crippen LogP contribution is -2.28. The van der Waals surface area contributed by atoms with Crippen LogP contribution in [0.2, 0.25) is 0 Å². The van der Waals surface area contributed by atoms with Gasteiger partial charge in [0.25, 0.3) is 5.91 Å². The molecule has 0 saturated carbocycles. The predicted molar refractivity (Wildman–Crippen MR) is 60.5 cm³/mol. The minimum atomic E-state index is -3.56. The van der Waals surface area contributed by atoms with E-state index in [1.165, 1.54) is 0 Å². The number of aromatic amines is 1. The summed E-state index contributed by atoms with van der Waals surface area (Å²) in [7, 11) is -3.56. The molecule has 0 bridgehead atoms. The minimum Gasteiger partial charge on any atom is -0.477 e. The molecule has 0 aliphatic rings. The summed E-state index contributed by atoms with van der Waals surface area (Å²) in [4.78, 5) is 28.1. The van der Waals surface area contributed by atoms with Gasteiger partial charge in [-0.05, 0) is 6.42 Å². The van der Waals surface area contributed by atoms with Crippen molar-refractivity contribution < 1.29 is 23.1 Å². The number of nitrogens with one attached hydrogen (secondary N) is 2. The number of nitrogens with zero attached hydrogens (tertiary/aromatic N) is 1. The minimum absolute atomic E-state index is 0.0567. The van der Waals surface area contributed by atoms with E-state index in [9.17, 15) is 18.0 Å². The van der Waals surface area contributed by atoms with E-state index in [1.54, 1.807) is 0 Å². The van der Waals surface area contributed by atoms with Gasteiger partial charge in [-0.2, -0.15) is 0 Å². The van der Waals surface area contributed by atoms with Crippen molar-refractivity contribution in [3.8, 4) is 0 Å². The highest BCUT2D eigenvalue weighted by atomic mass is 32.2.